The van der Waals surface area contributed by atoms with Crippen LogP contribution in [0.2, 0.25) is 0 Å². The molecule has 3 rings (SSSR count). The van der Waals surface area contributed by atoms with Crippen molar-refractivity contribution in [3.05, 3.63) is 95.3 Å². The molecule has 0 amide bonds. The highest BCUT2D eigenvalue weighted by atomic mass is 16.3. The van der Waals surface area contributed by atoms with Crippen LogP contribution in [0.15, 0.2) is 73.1 Å². The van der Waals surface area contributed by atoms with E-state index in [-0.39, 0.29) is 6.04 Å². The average Bonchev–Trinajstić information content (AvgIpc) is 3.16. The number of rotatable bonds is 4. The van der Waals surface area contributed by atoms with Crippen molar-refractivity contribution >= 4 is 0 Å². The van der Waals surface area contributed by atoms with Crippen LogP contribution in [0.25, 0.3) is 0 Å². The van der Waals surface area contributed by atoms with Crippen LogP contribution in [0.5, 0.6) is 0 Å². The van der Waals surface area contributed by atoms with Crippen molar-refractivity contribution in [2.45, 2.75) is 12.1 Å². The van der Waals surface area contributed by atoms with Crippen LogP contribution >= 0.6 is 0 Å². The summed E-state index contributed by atoms with van der Waals surface area (Å²) in [7, 11) is 0. The van der Waals surface area contributed by atoms with Crippen LogP contribution in [-0.4, -0.2) is 9.67 Å². The molecule has 2 atom stereocenters. The number of nitriles is 2. The zero-order valence-electron chi connectivity index (χ0n) is 12.9. The van der Waals surface area contributed by atoms with E-state index in [1.165, 1.54) is 0 Å². The van der Waals surface area contributed by atoms with Crippen molar-refractivity contribution in [2.24, 2.45) is 0 Å². The van der Waals surface area contributed by atoms with E-state index in [0.717, 1.165) is 5.56 Å². The van der Waals surface area contributed by atoms with Crippen molar-refractivity contribution in [1.82, 2.24) is 4.57 Å². The van der Waals surface area contributed by atoms with E-state index in [1.807, 2.05) is 41.2 Å². The zero-order valence-corrected chi connectivity index (χ0v) is 12.9. The number of hydrogen-bond acceptors (Lipinski definition) is 3. The predicted octanol–water partition coefficient (Wildman–Crippen LogP) is 3.55. The molecule has 0 radical (unpaired) electrons. The maximum atomic E-state index is 11.0. The van der Waals surface area contributed by atoms with Gasteiger partial charge in [0.05, 0.1) is 29.3 Å². The Kier molecular flexibility index (Phi) is 4.43. The smallest absolute Gasteiger partial charge is 0.104 e. The molecular formula is C20H15N3O. The molecule has 1 N–H and O–H groups in total. The van der Waals surface area contributed by atoms with E-state index in [2.05, 4.69) is 12.1 Å². The Labute approximate surface area is 140 Å². The predicted molar refractivity (Wildman–Crippen MR) is 89.8 cm³/mol. The van der Waals surface area contributed by atoms with E-state index in [9.17, 15) is 5.11 Å². The van der Waals surface area contributed by atoms with Gasteiger partial charge in [0.1, 0.15) is 6.10 Å². The summed E-state index contributed by atoms with van der Waals surface area (Å²) < 4.78 is 1.90. The Bertz CT molecular complexity index is 917. The second-order valence-corrected chi connectivity index (χ2v) is 5.49. The first-order valence-electron chi connectivity index (χ1n) is 7.53. The molecule has 24 heavy (non-hydrogen) atoms. The first kappa shape index (κ1) is 15.6. The number of aliphatic hydroxyl groups is 1. The second kappa shape index (κ2) is 6.83. The maximum Gasteiger partial charge on any atom is 0.104 e. The minimum Gasteiger partial charge on any atom is -0.386 e. The van der Waals surface area contributed by atoms with Gasteiger partial charge < -0.3 is 9.67 Å². The molecule has 116 valence electrons. The highest BCUT2D eigenvalue weighted by molar-refractivity contribution is 5.38. The van der Waals surface area contributed by atoms with Crippen LogP contribution in [0.1, 0.15) is 34.4 Å². The molecule has 0 saturated carbocycles. The van der Waals surface area contributed by atoms with Crippen molar-refractivity contribution in [3.8, 4) is 12.1 Å². The van der Waals surface area contributed by atoms with Gasteiger partial charge in [-0.15, -0.1) is 0 Å². The number of nitrogens with zero attached hydrogens (tertiary/aromatic N) is 3. The Morgan fingerprint density at radius 2 is 1.33 bits per heavy atom. The highest BCUT2D eigenvalue weighted by Crippen LogP contribution is 2.33. The van der Waals surface area contributed by atoms with Crippen LogP contribution in [0.3, 0.4) is 0 Å². The van der Waals surface area contributed by atoms with Crippen molar-refractivity contribution in [2.75, 3.05) is 0 Å². The molecule has 1 aromatic heterocycles. The molecule has 3 aromatic rings. The van der Waals surface area contributed by atoms with E-state index >= 15 is 0 Å². The molecule has 0 fully saturated rings. The van der Waals surface area contributed by atoms with Gasteiger partial charge in [-0.3, -0.25) is 0 Å². The second-order valence-electron chi connectivity index (χ2n) is 5.49. The van der Waals surface area contributed by atoms with Crippen LogP contribution in [0, 0.1) is 22.7 Å². The molecule has 4 heteroatoms. The fraction of sp³-hybridized carbons (Fsp3) is 0.100. The Hall–Kier alpha value is -3.34. The largest absolute Gasteiger partial charge is 0.386 e. The third kappa shape index (κ3) is 3.05. The van der Waals surface area contributed by atoms with Crippen molar-refractivity contribution in [1.29, 1.82) is 10.5 Å². The first-order chi connectivity index (χ1) is 11.7. The highest BCUT2D eigenvalue weighted by Gasteiger charge is 2.24. The quantitative estimate of drug-likeness (QED) is 0.800. The normalized spacial score (nSPS) is 12.8. The first-order valence-corrected chi connectivity index (χ1v) is 7.53. The average molecular weight is 313 g/mol. The standard InChI is InChI=1S/C20H15N3O/c21-13-15-5-3-7-17(11-15)19(23-9-1-2-10-23)20(24)18-8-4-6-16(12-18)14-22/h1-12,19-20,24H. The van der Waals surface area contributed by atoms with Gasteiger partial charge in [-0.05, 0) is 47.5 Å². The topological polar surface area (TPSA) is 72.7 Å². The summed E-state index contributed by atoms with van der Waals surface area (Å²) in [5.74, 6) is 0. The summed E-state index contributed by atoms with van der Waals surface area (Å²) in [4.78, 5) is 0. The van der Waals surface area contributed by atoms with E-state index in [4.69, 9.17) is 10.5 Å². The molecule has 2 aromatic carbocycles. The molecule has 4 nitrogen and oxygen atoms in total. The molecule has 0 aliphatic carbocycles. The minimum atomic E-state index is -0.848. The van der Waals surface area contributed by atoms with Crippen LogP contribution in [-0.2, 0) is 0 Å². The molecule has 2 unspecified atom stereocenters. The summed E-state index contributed by atoms with van der Waals surface area (Å²) >= 11 is 0. The molecule has 0 bridgehead atoms. The fourth-order valence-corrected chi connectivity index (χ4v) is 2.82. The van der Waals surface area contributed by atoms with Gasteiger partial charge in [0.2, 0.25) is 0 Å². The van der Waals surface area contributed by atoms with Gasteiger partial charge in [-0.1, -0.05) is 24.3 Å². The third-order valence-electron chi connectivity index (χ3n) is 3.96. The molecule has 0 aliphatic heterocycles. The Morgan fingerprint density at radius 3 is 1.92 bits per heavy atom. The van der Waals surface area contributed by atoms with Crippen LogP contribution < -0.4 is 0 Å². The number of benzene rings is 2. The molecular weight excluding hydrogens is 298 g/mol. The summed E-state index contributed by atoms with van der Waals surface area (Å²) in [6, 6.07) is 21.8. The molecule has 0 spiro atoms. The number of aromatic nitrogens is 1. The SMILES string of the molecule is N#Cc1cccc(C(O)C(c2cccc(C#N)c2)n2cccc2)c1. The van der Waals surface area contributed by atoms with Gasteiger partial charge in [0, 0.05) is 12.4 Å². The monoisotopic (exact) mass is 313 g/mol. The minimum absolute atomic E-state index is 0.387. The van der Waals surface area contributed by atoms with E-state index < -0.39 is 6.10 Å². The van der Waals surface area contributed by atoms with E-state index in [0.29, 0.717) is 16.7 Å². The van der Waals surface area contributed by atoms with Gasteiger partial charge in [-0.25, -0.2) is 0 Å². The maximum absolute atomic E-state index is 11.0. The van der Waals surface area contributed by atoms with Gasteiger partial charge in [0.25, 0.3) is 0 Å². The van der Waals surface area contributed by atoms with Crippen LogP contribution in [0.4, 0.5) is 0 Å². The van der Waals surface area contributed by atoms with Gasteiger partial charge in [0.15, 0.2) is 0 Å². The van der Waals surface area contributed by atoms with Crippen molar-refractivity contribution in [3.63, 3.8) is 0 Å². The van der Waals surface area contributed by atoms with Crippen molar-refractivity contribution < 1.29 is 5.11 Å². The van der Waals surface area contributed by atoms with E-state index in [1.54, 1.807) is 36.4 Å². The number of hydrogen-bond donors (Lipinski definition) is 1. The summed E-state index contributed by atoms with van der Waals surface area (Å²) in [6.45, 7) is 0. The lowest BCUT2D eigenvalue weighted by Gasteiger charge is -2.26. The summed E-state index contributed by atoms with van der Waals surface area (Å²) in [6.07, 6.45) is 2.90. The third-order valence-corrected chi connectivity index (χ3v) is 3.96. The van der Waals surface area contributed by atoms with Gasteiger partial charge >= 0.3 is 0 Å². The number of aliphatic hydroxyl groups excluding tert-OH is 1. The Balaban J connectivity index is 2.08. The molecule has 1 heterocycles. The Morgan fingerprint density at radius 1 is 0.792 bits per heavy atom. The lowest BCUT2D eigenvalue weighted by Crippen LogP contribution is -2.18. The lowest BCUT2D eigenvalue weighted by atomic mass is 9.93. The molecule has 0 aliphatic rings. The lowest BCUT2D eigenvalue weighted by molar-refractivity contribution is 0.131. The summed E-state index contributed by atoms with van der Waals surface area (Å²) in [5.41, 5.74) is 2.54. The summed E-state index contributed by atoms with van der Waals surface area (Å²) in [5, 5.41) is 29.2. The van der Waals surface area contributed by atoms with Gasteiger partial charge in [-0.2, -0.15) is 10.5 Å². The fourth-order valence-electron chi connectivity index (χ4n) is 2.82. The molecule has 0 saturated heterocycles. The zero-order chi connectivity index (χ0) is 16.9.